The highest BCUT2D eigenvalue weighted by atomic mass is 31.2. The molecular formula is C36H61O13P. The van der Waals surface area contributed by atoms with Gasteiger partial charge in [0.15, 0.2) is 6.10 Å². The van der Waals surface area contributed by atoms with Gasteiger partial charge >= 0.3 is 19.8 Å². The second-order valence-electron chi connectivity index (χ2n) is 12.3. The minimum Gasteiger partial charge on any atom is -0.462 e. The first-order valence-corrected chi connectivity index (χ1v) is 19.4. The minimum absolute atomic E-state index is 0.0440. The zero-order chi connectivity index (χ0) is 37.2. The number of aliphatic hydroxyl groups is 5. The highest BCUT2D eigenvalue weighted by molar-refractivity contribution is 7.47. The number of allylic oxidation sites excluding steroid dienone is 8. The minimum atomic E-state index is -5.08. The van der Waals surface area contributed by atoms with E-state index in [0.717, 1.165) is 70.6 Å². The number of carbonyl (C=O) groups is 2. The SMILES string of the molecule is CC/C=C\C/C=C\C/C=C\C/C=C\CCCCCCCCCCC(=O)OC(COC(=O)CC)COP(=O)(O)OC1C(O)C(O)C(O)C(O)C1O. The van der Waals surface area contributed by atoms with Crippen LogP contribution < -0.4 is 0 Å². The summed E-state index contributed by atoms with van der Waals surface area (Å²) < 4.78 is 32.5. The van der Waals surface area contributed by atoms with Crippen LogP contribution in [0.5, 0.6) is 0 Å². The van der Waals surface area contributed by atoms with Crippen LogP contribution in [0.3, 0.4) is 0 Å². The molecule has 0 aliphatic heterocycles. The maximum atomic E-state index is 12.5. The normalized spacial score (nSPS) is 24.7. The molecule has 13 nitrogen and oxygen atoms in total. The molecule has 1 aliphatic carbocycles. The van der Waals surface area contributed by atoms with Crippen LogP contribution in [0.25, 0.3) is 0 Å². The number of phosphoric acid groups is 1. The van der Waals surface area contributed by atoms with E-state index in [0.29, 0.717) is 6.42 Å². The molecule has 0 spiro atoms. The Bertz CT molecular complexity index is 1080. The van der Waals surface area contributed by atoms with E-state index in [1.165, 1.54) is 6.42 Å². The Balaban J connectivity index is 2.27. The van der Waals surface area contributed by atoms with E-state index in [1.54, 1.807) is 6.92 Å². The Kier molecular flexibility index (Phi) is 25.2. The number of esters is 2. The van der Waals surface area contributed by atoms with E-state index in [1.807, 2.05) is 0 Å². The van der Waals surface area contributed by atoms with Crippen LogP contribution in [0.1, 0.15) is 110 Å². The van der Waals surface area contributed by atoms with E-state index in [2.05, 4.69) is 55.5 Å². The summed E-state index contributed by atoms with van der Waals surface area (Å²) in [6, 6.07) is 0. The molecule has 1 aliphatic rings. The third-order valence-corrected chi connectivity index (χ3v) is 8.97. The molecule has 0 radical (unpaired) electrons. The topological polar surface area (TPSA) is 210 Å². The lowest BCUT2D eigenvalue weighted by Gasteiger charge is -2.41. The maximum absolute atomic E-state index is 12.5. The van der Waals surface area contributed by atoms with E-state index < -0.39 is 75.7 Å². The van der Waals surface area contributed by atoms with Crippen molar-refractivity contribution in [1.82, 2.24) is 0 Å². The number of hydrogen-bond donors (Lipinski definition) is 6. The van der Waals surface area contributed by atoms with Gasteiger partial charge in [0.05, 0.1) is 6.61 Å². The van der Waals surface area contributed by atoms with Crippen molar-refractivity contribution < 1.29 is 63.1 Å². The van der Waals surface area contributed by atoms with Crippen LogP contribution >= 0.6 is 7.82 Å². The first-order valence-electron chi connectivity index (χ1n) is 17.9. The third-order valence-electron chi connectivity index (χ3n) is 7.99. The van der Waals surface area contributed by atoms with Crippen LogP contribution in [0.4, 0.5) is 0 Å². The molecule has 0 aromatic carbocycles. The summed E-state index contributed by atoms with van der Waals surface area (Å²) in [7, 11) is -5.08. The van der Waals surface area contributed by atoms with Gasteiger partial charge in [-0.15, -0.1) is 0 Å². The monoisotopic (exact) mass is 732 g/mol. The molecule has 0 bridgehead atoms. The Morgan fingerprint density at radius 3 is 1.66 bits per heavy atom. The standard InChI is InChI=1S/C36H61O13P/c1-3-5-6-7-8-9-10-11-12-13-14-15-16-17-18-19-20-21-22-23-24-25-30(38)48-28(26-46-29(37)4-2)27-47-50(44,45)49-36-34(42)32(40)31(39)33(41)35(36)43/h5-6,8-9,11-12,14-15,28,31-36,39-43H,3-4,7,10,13,16-27H2,1-2H3,(H,44,45)/b6-5-,9-8-,12-11-,15-14-. The smallest absolute Gasteiger partial charge is 0.462 e. The molecule has 1 rings (SSSR count). The number of hydrogen-bond acceptors (Lipinski definition) is 12. The Morgan fingerprint density at radius 2 is 1.12 bits per heavy atom. The van der Waals surface area contributed by atoms with Crippen molar-refractivity contribution in [3.63, 3.8) is 0 Å². The molecule has 0 saturated heterocycles. The van der Waals surface area contributed by atoms with Crippen LogP contribution in [0.15, 0.2) is 48.6 Å². The lowest BCUT2D eigenvalue weighted by molar-refractivity contribution is -0.220. The molecule has 0 amide bonds. The van der Waals surface area contributed by atoms with Gasteiger partial charge in [-0.1, -0.05) is 101 Å². The van der Waals surface area contributed by atoms with Crippen molar-refractivity contribution in [3.8, 4) is 0 Å². The summed E-state index contributed by atoms with van der Waals surface area (Å²) >= 11 is 0. The highest BCUT2D eigenvalue weighted by Gasteiger charge is 2.51. The van der Waals surface area contributed by atoms with Gasteiger partial charge in [-0.25, -0.2) is 4.57 Å². The van der Waals surface area contributed by atoms with Gasteiger partial charge < -0.3 is 39.9 Å². The zero-order valence-electron chi connectivity index (χ0n) is 29.7. The fourth-order valence-electron chi connectivity index (χ4n) is 5.02. The molecule has 50 heavy (non-hydrogen) atoms. The summed E-state index contributed by atoms with van der Waals surface area (Å²) in [5.74, 6) is -1.21. The van der Waals surface area contributed by atoms with E-state index in [9.17, 15) is 44.6 Å². The predicted octanol–water partition coefficient (Wildman–Crippen LogP) is 4.88. The first-order chi connectivity index (χ1) is 23.9. The van der Waals surface area contributed by atoms with E-state index in [4.69, 9.17) is 18.5 Å². The van der Waals surface area contributed by atoms with Crippen LogP contribution in [-0.4, -0.2) is 98.3 Å². The lowest BCUT2D eigenvalue weighted by atomic mass is 9.85. The fourth-order valence-corrected chi connectivity index (χ4v) is 5.99. The Hall–Kier alpha value is -2.19. The van der Waals surface area contributed by atoms with Crippen molar-refractivity contribution in [2.45, 2.75) is 153 Å². The number of rotatable bonds is 27. The molecule has 0 aromatic heterocycles. The summed E-state index contributed by atoms with van der Waals surface area (Å²) in [6.07, 6.45) is 17.6. The largest absolute Gasteiger partial charge is 0.472 e. The molecular weight excluding hydrogens is 671 g/mol. The van der Waals surface area contributed by atoms with Crippen molar-refractivity contribution in [1.29, 1.82) is 0 Å². The van der Waals surface area contributed by atoms with Gasteiger partial charge in [0.2, 0.25) is 0 Å². The molecule has 0 aromatic rings. The van der Waals surface area contributed by atoms with Gasteiger partial charge in [0.25, 0.3) is 0 Å². The third kappa shape index (κ3) is 20.6. The zero-order valence-corrected chi connectivity index (χ0v) is 30.6. The van der Waals surface area contributed by atoms with Crippen molar-refractivity contribution in [3.05, 3.63) is 48.6 Å². The molecule has 6 N–H and O–H groups in total. The molecule has 6 unspecified atom stereocenters. The number of ether oxygens (including phenoxy) is 2. The summed E-state index contributed by atoms with van der Waals surface area (Å²) in [6.45, 7) is 2.49. The van der Waals surface area contributed by atoms with Gasteiger partial charge in [-0.3, -0.25) is 18.6 Å². The van der Waals surface area contributed by atoms with Gasteiger partial charge in [-0.05, 0) is 44.9 Å². The number of carbonyl (C=O) groups excluding carboxylic acids is 2. The van der Waals surface area contributed by atoms with E-state index >= 15 is 0 Å². The lowest BCUT2D eigenvalue weighted by Crippen LogP contribution is -2.64. The Labute approximate surface area is 297 Å². The second-order valence-corrected chi connectivity index (χ2v) is 13.7. The van der Waals surface area contributed by atoms with Gasteiger partial charge in [0.1, 0.15) is 43.2 Å². The molecule has 288 valence electrons. The predicted molar refractivity (Wildman–Crippen MR) is 189 cm³/mol. The number of aliphatic hydroxyl groups excluding tert-OH is 5. The van der Waals surface area contributed by atoms with Crippen molar-refractivity contribution in [2.24, 2.45) is 0 Å². The fraction of sp³-hybridized carbons (Fsp3) is 0.722. The average molecular weight is 733 g/mol. The summed E-state index contributed by atoms with van der Waals surface area (Å²) in [4.78, 5) is 34.2. The second kappa shape index (κ2) is 27.5. The molecule has 6 atom stereocenters. The first kappa shape index (κ1) is 45.8. The highest BCUT2D eigenvalue weighted by Crippen LogP contribution is 2.47. The summed E-state index contributed by atoms with van der Waals surface area (Å²) in [5, 5.41) is 49.4. The quantitative estimate of drug-likeness (QED) is 0.0288. The number of phosphoric ester groups is 1. The van der Waals surface area contributed by atoms with Gasteiger partial charge in [-0.2, -0.15) is 0 Å². The molecule has 1 fully saturated rings. The van der Waals surface area contributed by atoms with Gasteiger partial charge in [0, 0.05) is 12.8 Å². The maximum Gasteiger partial charge on any atom is 0.472 e. The van der Waals surface area contributed by atoms with E-state index in [-0.39, 0.29) is 12.8 Å². The van der Waals surface area contributed by atoms with Crippen LogP contribution in [0, 0.1) is 0 Å². The molecule has 14 heteroatoms. The van der Waals surface area contributed by atoms with Crippen LogP contribution in [0.2, 0.25) is 0 Å². The average Bonchev–Trinajstić information content (AvgIpc) is 3.10. The molecule has 0 heterocycles. The van der Waals surface area contributed by atoms with Crippen LogP contribution in [-0.2, 0) is 32.7 Å². The molecule has 1 saturated carbocycles. The number of unbranched alkanes of at least 4 members (excludes halogenated alkanes) is 8. The van der Waals surface area contributed by atoms with Crippen molar-refractivity contribution >= 4 is 19.8 Å². The van der Waals surface area contributed by atoms with Crippen molar-refractivity contribution in [2.75, 3.05) is 13.2 Å². The summed E-state index contributed by atoms with van der Waals surface area (Å²) in [5.41, 5.74) is 0. The Morgan fingerprint density at radius 1 is 0.640 bits per heavy atom.